The molecule has 3 rings (SSSR count). The zero-order valence-electron chi connectivity index (χ0n) is 9.69. The first-order chi connectivity index (χ1) is 8.66. The Labute approximate surface area is 118 Å². The molecular formula is C14H10BrClN2. The first-order valence-electron chi connectivity index (χ1n) is 5.56. The Kier molecular flexibility index (Phi) is 2.88. The van der Waals surface area contributed by atoms with Crippen LogP contribution in [-0.2, 0) is 0 Å². The van der Waals surface area contributed by atoms with E-state index in [-0.39, 0.29) is 0 Å². The van der Waals surface area contributed by atoms with Crippen molar-refractivity contribution in [3.8, 4) is 11.3 Å². The van der Waals surface area contributed by atoms with Crippen molar-refractivity contribution in [2.75, 3.05) is 0 Å². The van der Waals surface area contributed by atoms with Crippen LogP contribution < -0.4 is 0 Å². The average Bonchev–Trinajstić information content (AvgIpc) is 2.67. The lowest BCUT2D eigenvalue weighted by atomic mass is 10.1. The number of hydrogen-bond donors (Lipinski definition) is 0. The lowest BCUT2D eigenvalue weighted by Gasteiger charge is -2.04. The van der Waals surface area contributed by atoms with Gasteiger partial charge < -0.3 is 0 Å². The van der Waals surface area contributed by atoms with Crippen molar-refractivity contribution < 1.29 is 0 Å². The summed E-state index contributed by atoms with van der Waals surface area (Å²) in [4.78, 5) is 4.53. The summed E-state index contributed by atoms with van der Waals surface area (Å²) in [5.74, 6) is 0. The molecule has 0 amide bonds. The van der Waals surface area contributed by atoms with Gasteiger partial charge in [-0.3, -0.25) is 4.40 Å². The quantitative estimate of drug-likeness (QED) is 0.633. The molecule has 0 N–H and O–H groups in total. The first kappa shape index (κ1) is 11.8. The molecule has 0 unspecified atom stereocenters. The zero-order valence-corrected chi connectivity index (χ0v) is 12.0. The second-order valence-electron chi connectivity index (χ2n) is 4.11. The molecule has 2 heterocycles. The largest absolute Gasteiger partial charge is 0.298 e. The molecule has 0 saturated carbocycles. The van der Waals surface area contributed by atoms with E-state index in [2.05, 4.69) is 33.0 Å². The molecule has 18 heavy (non-hydrogen) atoms. The predicted octanol–water partition coefficient (Wildman–Crippen LogP) is 4.73. The van der Waals surface area contributed by atoms with Gasteiger partial charge in [-0.05, 0) is 31.2 Å². The Bertz CT molecular complexity index is 734. The lowest BCUT2D eigenvalue weighted by molar-refractivity contribution is 1.19. The van der Waals surface area contributed by atoms with Gasteiger partial charge in [-0.2, -0.15) is 0 Å². The molecule has 0 bridgehead atoms. The van der Waals surface area contributed by atoms with E-state index in [9.17, 15) is 0 Å². The van der Waals surface area contributed by atoms with Crippen LogP contribution in [0, 0.1) is 6.92 Å². The molecule has 1 aromatic carbocycles. The Balaban J connectivity index is 2.36. The van der Waals surface area contributed by atoms with Gasteiger partial charge in [0.25, 0.3) is 0 Å². The smallest absolute Gasteiger partial charge is 0.156 e. The van der Waals surface area contributed by atoms with E-state index in [1.165, 1.54) is 0 Å². The Morgan fingerprint density at radius 1 is 1.22 bits per heavy atom. The van der Waals surface area contributed by atoms with Crippen LogP contribution in [0.25, 0.3) is 16.9 Å². The van der Waals surface area contributed by atoms with Crippen molar-refractivity contribution in [3.63, 3.8) is 0 Å². The average molecular weight is 322 g/mol. The van der Waals surface area contributed by atoms with Gasteiger partial charge >= 0.3 is 0 Å². The van der Waals surface area contributed by atoms with Crippen LogP contribution in [0.5, 0.6) is 0 Å². The van der Waals surface area contributed by atoms with Gasteiger partial charge in [0.1, 0.15) is 0 Å². The van der Waals surface area contributed by atoms with Crippen molar-refractivity contribution in [1.29, 1.82) is 0 Å². The summed E-state index contributed by atoms with van der Waals surface area (Å²) in [5, 5.41) is 0.668. The number of nitrogens with zero attached hydrogens (tertiary/aromatic N) is 2. The third-order valence-corrected chi connectivity index (χ3v) is 3.66. The Morgan fingerprint density at radius 3 is 2.83 bits per heavy atom. The topological polar surface area (TPSA) is 17.3 Å². The van der Waals surface area contributed by atoms with Gasteiger partial charge in [0.2, 0.25) is 0 Å². The molecule has 0 saturated heterocycles. The highest BCUT2D eigenvalue weighted by molar-refractivity contribution is 9.10. The number of aryl methyl sites for hydroxylation is 1. The van der Waals surface area contributed by atoms with Gasteiger partial charge in [-0.25, -0.2) is 4.98 Å². The predicted molar refractivity (Wildman–Crippen MR) is 78.1 cm³/mol. The molecule has 0 aliphatic rings. The minimum absolute atomic E-state index is 0.668. The number of fused-ring (bicyclic) bond motifs is 1. The third-order valence-electron chi connectivity index (χ3n) is 2.87. The molecule has 0 aliphatic heterocycles. The fraction of sp³-hybridized carbons (Fsp3) is 0.0714. The van der Waals surface area contributed by atoms with Crippen LogP contribution in [-0.4, -0.2) is 9.38 Å². The van der Waals surface area contributed by atoms with E-state index in [1.54, 1.807) is 0 Å². The number of imidazole rings is 1. The van der Waals surface area contributed by atoms with Crippen molar-refractivity contribution in [3.05, 3.63) is 57.8 Å². The summed E-state index contributed by atoms with van der Waals surface area (Å²) in [5.41, 5.74) is 3.97. The molecule has 2 aromatic heterocycles. The third kappa shape index (κ3) is 1.84. The first-order valence-corrected chi connectivity index (χ1v) is 6.73. The van der Waals surface area contributed by atoms with Crippen LogP contribution in [0.4, 0.5) is 0 Å². The van der Waals surface area contributed by atoms with E-state index in [0.29, 0.717) is 5.02 Å². The Hall–Kier alpha value is -1.32. The van der Waals surface area contributed by atoms with Crippen LogP contribution in [0.15, 0.2) is 47.1 Å². The molecule has 0 fully saturated rings. The van der Waals surface area contributed by atoms with Gasteiger partial charge in [-0.15, -0.1) is 0 Å². The lowest BCUT2D eigenvalue weighted by Crippen LogP contribution is -1.89. The maximum Gasteiger partial charge on any atom is 0.156 e. The minimum atomic E-state index is 0.668. The summed E-state index contributed by atoms with van der Waals surface area (Å²) in [6.07, 6.45) is 1.98. The van der Waals surface area contributed by atoms with Gasteiger partial charge in [0, 0.05) is 16.2 Å². The second kappa shape index (κ2) is 4.41. The van der Waals surface area contributed by atoms with Crippen molar-refractivity contribution in [2.24, 2.45) is 0 Å². The highest BCUT2D eigenvalue weighted by Gasteiger charge is 2.12. The zero-order chi connectivity index (χ0) is 12.7. The maximum absolute atomic E-state index is 6.17. The van der Waals surface area contributed by atoms with E-state index in [0.717, 1.165) is 27.1 Å². The number of pyridine rings is 1. The number of rotatable bonds is 1. The standard InChI is InChI=1S/C14H10BrClN2/c1-9-13(10-4-2-5-11(15)8-10)18-7-3-6-12(16)14(18)17-9/h2-8H,1H3. The van der Waals surface area contributed by atoms with E-state index in [1.807, 2.05) is 41.8 Å². The van der Waals surface area contributed by atoms with E-state index in [4.69, 9.17) is 11.6 Å². The monoisotopic (exact) mass is 320 g/mol. The summed E-state index contributed by atoms with van der Waals surface area (Å²) < 4.78 is 3.08. The summed E-state index contributed by atoms with van der Waals surface area (Å²) >= 11 is 9.66. The summed E-state index contributed by atoms with van der Waals surface area (Å²) in [6.45, 7) is 2.00. The normalized spacial score (nSPS) is 11.1. The fourth-order valence-electron chi connectivity index (χ4n) is 2.13. The van der Waals surface area contributed by atoms with E-state index < -0.39 is 0 Å². The van der Waals surface area contributed by atoms with E-state index >= 15 is 0 Å². The van der Waals surface area contributed by atoms with Gasteiger partial charge in [0.05, 0.1) is 16.4 Å². The molecule has 90 valence electrons. The number of halogens is 2. The number of hydrogen-bond acceptors (Lipinski definition) is 1. The fourth-order valence-corrected chi connectivity index (χ4v) is 2.74. The molecule has 3 aromatic rings. The second-order valence-corrected chi connectivity index (χ2v) is 5.43. The molecule has 0 atom stereocenters. The highest BCUT2D eigenvalue weighted by Crippen LogP contribution is 2.29. The van der Waals surface area contributed by atoms with Crippen molar-refractivity contribution in [2.45, 2.75) is 6.92 Å². The van der Waals surface area contributed by atoms with Crippen molar-refractivity contribution >= 4 is 33.2 Å². The van der Waals surface area contributed by atoms with Gasteiger partial charge in [-0.1, -0.05) is 39.7 Å². The number of aromatic nitrogens is 2. The number of benzene rings is 1. The molecule has 0 radical (unpaired) electrons. The van der Waals surface area contributed by atoms with Crippen LogP contribution in [0.1, 0.15) is 5.69 Å². The SMILES string of the molecule is Cc1nc2c(Cl)cccn2c1-c1cccc(Br)c1. The highest BCUT2D eigenvalue weighted by atomic mass is 79.9. The summed E-state index contributed by atoms with van der Waals surface area (Å²) in [7, 11) is 0. The van der Waals surface area contributed by atoms with Crippen LogP contribution >= 0.6 is 27.5 Å². The maximum atomic E-state index is 6.17. The van der Waals surface area contributed by atoms with Gasteiger partial charge in [0.15, 0.2) is 5.65 Å². The summed E-state index contributed by atoms with van der Waals surface area (Å²) in [6, 6.07) is 12.0. The Morgan fingerprint density at radius 2 is 2.06 bits per heavy atom. The molecule has 2 nitrogen and oxygen atoms in total. The molecule has 0 spiro atoms. The molecule has 4 heteroatoms. The van der Waals surface area contributed by atoms with Crippen LogP contribution in [0.2, 0.25) is 5.02 Å². The molecular weight excluding hydrogens is 312 g/mol. The van der Waals surface area contributed by atoms with Crippen LogP contribution in [0.3, 0.4) is 0 Å². The molecule has 0 aliphatic carbocycles. The minimum Gasteiger partial charge on any atom is -0.298 e. The van der Waals surface area contributed by atoms with Crippen molar-refractivity contribution in [1.82, 2.24) is 9.38 Å².